The van der Waals surface area contributed by atoms with Gasteiger partial charge in [0, 0.05) is 24.7 Å². The number of aromatic hydroxyl groups is 1. The van der Waals surface area contributed by atoms with Crippen molar-refractivity contribution in [1.29, 1.82) is 0 Å². The number of anilines is 1. The van der Waals surface area contributed by atoms with Crippen LogP contribution in [0.25, 0.3) is 0 Å². The lowest BCUT2D eigenvalue weighted by Crippen LogP contribution is -2.25. The number of aryl methyl sites for hydroxylation is 1. The van der Waals surface area contributed by atoms with Crippen LogP contribution in [-0.4, -0.2) is 35.5 Å². The van der Waals surface area contributed by atoms with Crippen molar-refractivity contribution in [2.75, 3.05) is 25.0 Å². The zero-order valence-corrected chi connectivity index (χ0v) is 12.0. The van der Waals surface area contributed by atoms with E-state index in [9.17, 15) is 9.90 Å². The molecule has 1 aromatic rings. The number of hydrogen-bond donors (Lipinski definition) is 2. The van der Waals surface area contributed by atoms with Crippen LogP contribution >= 0.6 is 12.4 Å². The Balaban J connectivity index is 0.00000180. The van der Waals surface area contributed by atoms with E-state index in [4.69, 9.17) is 0 Å². The quantitative estimate of drug-likeness (QED) is 0.893. The van der Waals surface area contributed by atoms with Gasteiger partial charge in [-0.15, -0.1) is 12.4 Å². The van der Waals surface area contributed by atoms with Crippen molar-refractivity contribution >= 4 is 24.0 Å². The van der Waals surface area contributed by atoms with Crippen molar-refractivity contribution in [3.05, 3.63) is 23.8 Å². The fraction of sp³-hybridized carbons (Fsp3) is 0.500. The first-order valence-corrected chi connectivity index (χ1v) is 6.47. The van der Waals surface area contributed by atoms with Crippen molar-refractivity contribution in [3.8, 4) is 5.75 Å². The van der Waals surface area contributed by atoms with Crippen LogP contribution in [0.4, 0.5) is 5.69 Å². The van der Waals surface area contributed by atoms with Crippen LogP contribution in [0.1, 0.15) is 24.8 Å². The second kappa shape index (κ2) is 7.36. The summed E-state index contributed by atoms with van der Waals surface area (Å²) in [5.74, 6) is 0.220. The molecule has 19 heavy (non-hydrogen) atoms. The maximum atomic E-state index is 11.7. The molecule has 2 rings (SSSR count). The largest absolute Gasteiger partial charge is 0.508 e. The number of hydrogen-bond acceptors (Lipinski definition) is 3. The first kappa shape index (κ1) is 15.8. The molecule has 1 saturated heterocycles. The van der Waals surface area contributed by atoms with Gasteiger partial charge in [-0.1, -0.05) is 6.07 Å². The van der Waals surface area contributed by atoms with Gasteiger partial charge in [0.1, 0.15) is 5.75 Å². The van der Waals surface area contributed by atoms with Gasteiger partial charge in [0.25, 0.3) is 0 Å². The molecule has 106 valence electrons. The molecule has 2 N–H and O–H groups in total. The zero-order valence-electron chi connectivity index (χ0n) is 11.2. The molecule has 0 aromatic heterocycles. The Morgan fingerprint density at radius 1 is 1.37 bits per heavy atom. The SMILES string of the molecule is Cc1ccc(NC(=O)CCN2CCCC2)cc1O.Cl. The molecule has 1 aromatic carbocycles. The van der Waals surface area contributed by atoms with Crippen molar-refractivity contribution in [2.45, 2.75) is 26.2 Å². The van der Waals surface area contributed by atoms with Crippen LogP contribution in [0.15, 0.2) is 18.2 Å². The Hall–Kier alpha value is -1.26. The van der Waals surface area contributed by atoms with Crippen molar-refractivity contribution in [2.24, 2.45) is 0 Å². The number of phenols is 1. The fourth-order valence-electron chi connectivity index (χ4n) is 2.18. The number of phenolic OH excluding ortho intramolecular Hbond substituents is 1. The van der Waals surface area contributed by atoms with Crippen LogP contribution in [0, 0.1) is 6.92 Å². The van der Waals surface area contributed by atoms with Gasteiger partial charge in [0.15, 0.2) is 0 Å². The van der Waals surface area contributed by atoms with E-state index in [1.165, 1.54) is 12.8 Å². The highest BCUT2D eigenvalue weighted by Gasteiger charge is 2.13. The van der Waals surface area contributed by atoms with Gasteiger partial charge < -0.3 is 15.3 Å². The number of benzene rings is 1. The van der Waals surface area contributed by atoms with Crippen LogP contribution < -0.4 is 5.32 Å². The maximum absolute atomic E-state index is 11.7. The van der Waals surface area contributed by atoms with Crippen molar-refractivity contribution in [3.63, 3.8) is 0 Å². The lowest BCUT2D eigenvalue weighted by Gasteiger charge is -2.14. The molecule has 0 atom stereocenters. The third-order valence-corrected chi connectivity index (χ3v) is 3.35. The monoisotopic (exact) mass is 284 g/mol. The van der Waals surface area contributed by atoms with Gasteiger partial charge in [0.2, 0.25) is 5.91 Å². The summed E-state index contributed by atoms with van der Waals surface area (Å²) in [6.07, 6.45) is 3.00. The van der Waals surface area contributed by atoms with Gasteiger partial charge in [-0.3, -0.25) is 4.79 Å². The highest BCUT2D eigenvalue weighted by atomic mass is 35.5. The Bertz CT molecular complexity index is 431. The molecule has 1 heterocycles. The molecule has 0 spiro atoms. The molecule has 0 bridgehead atoms. The number of likely N-dealkylation sites (tertiary alicyclic amines) is 1. The molecular weight excluding hydrogens is 264 g/mol. The number of carbonyl (C=O) groups is 1. The average molecular weight is 285 g/mol. The van der Waals surface area contributed by atoms with E-state index in [2.05, 4.69) is 10.2 Å². The molecule has 1 aliphatic heterocycles. The third kappa shape index (κ3) is 4.73. The summed E-state index contributed by atoms with van der Waals surface area (Å²) < 4.78 is 0. The lowest BCUT2D eigenvalue weighted by molar-refractivity contribution is -0.116. The lowest BCUT2D eigenvalue weighted by atomic mass is 10.2. The van der Waals surface area contributed by atoms with E-state index in [0.29, 0.717) is 12.1 Å². The maximum Gasteiger partial charge on any atom is 0.225 e. The average Bonchev–Trinajstić information content (AvgIpc) is 2.84. The first-order valence-electron chi connectivity index (χ1n) is 6.47. The second-order valence-corrected chi connectivity index (χ2v) is 4.85. The van der Waals surface area contributed by atoms with E-state index in [1.54, 1.807) is 12.1 Å². The number of nitrogens with one attached hydrogen (secondary N) is 1. The first-order chi connectivity index (χ1) is 8.65. The van der Waals surface area contributed by atoms with E-state index >= 15 is 0 Å². The van der Waals surface area contributed by atoms with Crippen LogP contribution in [-0.2, 0) is 4.79 Å². The number of amides is 1. The van der Waals surface area contributed by atoms with E-state index < -0.39 is 0 Å². The number of rotatable bonds is 4. The summed E-state index contributed by atoms with van der Waals surface area (Å²) >= 11 is 0. The minimum absolute atomic E-state index is 0. The summed E-state index contributed by atoms with van der Waals surface area (Å²) in [7, 11) is 0. The molecule has 0 unspecified atom stereocenters. The van der Waals surface area contributed by atoms with E-state index in [-0.39, 0.29) is 24.1 Å². The van der Waals surface area contributed by atoms with Crippen molar-refractivity contribution in [1.82, 2.24) is 4.90 Å². The number of halogens is 1. The van der Waals surface area contributed by atoms with E-state index in [1.807, 2.05) is 13.0 Å². The Morgan fingerprint density at radius 2 is 2.05 bits per heavy atom. The van der Waals surface area contributed by atoms with Crippen LogP contribution in [0.2, 0.25) is 0 Å². The summed E-state index contributed by atoms with van der Waals surface area (Å²) in [6.45, 7) is 4.87. The second-order valence-electron chi connectivity index (χ2n) is 4.85. The molecule has 1 amide bonds. The van der Waals surface area contributed by atoms with Crippen molar-refractivity contribution < 1.29 is 9.90 Å². The molecular formula is C14H21ClN2O2. The third-order valence-electron chi connectivity index (χ3n) is 3.35. The summed E-state index contributed by atoms with van der Waals surface area (Å²) in [6, 6.07) is 5.19. The number of carbonyl (C=O) groups excluding carboxylic acids is 1. The fourth-order valence-corrected chi connectivity index (χ4v) is 2.18. The Morgan fingerprint density at radius 3 is 2.68 bits per heavy atom. The van der Waals surface area contributed by atoms with Gasteiger partial charge in [-0.2, -0.15) is 0 Å². The summed E-state index contributed by atoms with van der Waals surface area (Å²) in [5, 5.41) is 12.4. The molecule has 1 fully saturated rings. The number of nitrogens with zero attached hydrogens (tertiary/aromatic N) is 1. The standard InChI is InChI=1S/C14H20N2O2.ClH/c1-11-4-5-12(10-13(11)17)15-14(18)6-9-16-7-2-3-8-16;/h4-5,10,17H,2-3,6-9H2,1H3,(H,15,18);1H. The Kier molecular flexibility index (Phi) is 6.12. The minimum atomic E-state index is 0. The predicted molar refractivity (Wildman–Crippen MR) is 79.0 cm³/mol. The molecule has 0 saturated carbocycles. The van der Waals surface area contributed by atoms with E-state index in [0.717, 1.165) is 25.2 Å². The smallest absolute Gasteiger partial charge is 0.225 e. The van der Waals surface area contributed by atoms with Gasteiger partial charge in [-0.25, -0.2) is 0 Å². The van der Waals surface area contributed by atoms with Crippen LogP contribution in [0.3, 0.4) is 0 Å². The molecule has 0 aliphatic carbocycles. The zero-order chi connectivity index (χ0) is 13.0. The highest BCUT2D eigenvalue weighted by molar-refractivity contribution is 5.91. The highest BCUT2D eigenvalue weighted by Crippen LogP contribution is 2.20. The predicted octanol–water partition coefficient (Wildman–Crippen LogP) is 2.55. The molecule has 0 radical (unpaired) electrons. The van der Waals surface area contributed by atoms with Gasteiger partial charge in [0.05, 0.1) is 0 Å². The molecule has 4 nitrogen and oxygen atoms in total. The minimum Gasteiger partial charge on any atom is -0.508 e. The normalized spacial score (nSPS) is 15.0. The van der Waals surface area contributed by atoms with Crippen LogP contribution in [0.5, 0.6) is 5.75 Å². The summed E-state index contributed by atoms with van der Waals surface area (Å²) in [4.78, 5) is 14.1. The van der Waals surface area contributed by atoms with Gasteiger partial charge in [-0.05, 0) is 44.5 Å². The Labute approximate surface area is 120 Å². The topological polar surface area (TPSA) is 52.6 Å². The van der Waals surface area contributed by atoms with Gasteiger partial charge >= 0.3 is 0 Å². The summed E-state index contributed by atoms with van der Waals surface area (Å²) in [5.41, 5.74) is 1.47. The molecule has 1 aliphatic rings. The molecule has 5 heteroatoms.